The van der Waals surface area contributed by atoms with Crippen LogP contribution in [0.25, 0.3) is 16.7 Å². The van der Waals surface area contributed by atoms with Crippen LogP contribution in [-0.4, -0.2) is 32.8 Å². The Bertz CT molecular complexity index is 1120. The van der Waals surface area contributed by atoms with Crippen LogP contribution in [-0.2, 0) is 13.1 Å². The van der Waals surface area contributed by atoms with Gasteiger partial charge in [-0.1, -0.05) is 18.2 Å². The number of anilines is 1. The van der Waals surface area contributed by atoms with Crippen LogP contribution in [0.4, 0.5) is 5.82 Å². The Hall–Kier alpha value is -3.25. The molecule has 0 unspecified atom stereocenters. The maximum absolute atomic E-state index is 5.04. The minimum absolute atomic E-state index is 0.767. The summed E-state index contributed by atoms with van der Waals surface area (Å²) in [5, 5.41) is 9.07. The molecule has 0 radical (unpaired) electrons. The van der Waals surface area contributed by atoms with Crippen molar-refractivity contribution >= 4 is 16.7 Å². The third kappa shape index (κ3) is 4.04. The van der Waals surface area contributed by atoms with Gasteiger partial charge >= 0.3 is 0 Å². The van der Waals surface area contributed by atoms with Gasteiger partial charge in [-0.3, -0.25) is 0 Å². The van der Waals surface area contributed by atoms with Crippen LogP contribution in [0.2, 0.25) is 0 Å². The molecule has 4 heterocycles. The highest BCUT2D eigenvalue weighted by molar-refractivity contribution is 5.81. The number of nitrogens with one attached hydrogen (secondary N) is 1. The molecular formula is C24H26N6. The summed E-state index contributed by atoms with van der Waals surface area (Å²) in [6.45, 7) is 3.73. The van der Waals surface area contributed by atoms with E-state index < -0.39 is 0 Å². The first-order valence-electron chi connectivity index (χ1n) is 10.7. The number of nitrogens with zero attached hydrogens (tertiary/aromatic N) is 5. The van der Waals surface area contributed by atoms with Crippen LogP contribution in [0.5, 0.6) is 0 Å². The van der Waals surface area contributed by atoms with E-state index in [1.54, 1.807) is 10.9 Å². The molecule has 152 valence electrons. The molecule has 5 rings (SSSR count). The summed E-state index contributed by atoms with van der Waals surface area (Å²) in [4.78, 5) is 11.9. The predicted octanol–water partition coefficient (Wildman–Crippen LogP) is 4.10. The molecule has 3 aromatic heterocycles. The quantitative estimate of drug-likeness (QED) is 0.530. The van der Waals surface area contributed by atoms with Crippen molar-refractivity contribution in [3.05, 3.63) is 78.2 Å². The van der Waals surface area contributed by atoms with Crippen LogP contribution in [0, 0.1) is 0 Å². The Balaban J connectivity index is 1.35. The molecule has 6 nitrogen and oxygen atoms in total. The van der Waals surface area contributed by atoms with E-state index in [9.17, 15) is 0 Å². The molecule has 1 aromatic carbocycles. The number of benzene rings is 1. The molecular weight excluding hydrogens is 372 g/mol. The summed E-state index contributed by atoms with van der Waals surface area (Å²) in [6.07, 6.45) is 9.32. The average Bonchev–Trinajstić information content (AvgIpc) is 3.35. The van der Waals surface area contributed by atoms with Gasteiger partial charge in [0.1, 0.15) is 5.82 Å². The maximum atomic E-state index is 5.04. The lowest BCUT2D eigenvalue weighted by Gasteiger charge is -2.30. The minimum Gasteiger partial charge on any atom is -0.356 e. The Morgan fingerprint density at radius 1 is 0.900 bits per heavy atom. The summed E-state index contributed by atoms with van der Waals surface area (Å²) in [5.41, 5.74) is 3.51. The average molecular weight is 399 g/mol. The highest BCUT2D eigenvalue weighted by atomic mass is 15.3. The fourth-order valence-electron chi connectivity index (χ4n) is 4.10. The lowest BCUT2D eigenvalue weighted by Crippen LogP contribution is -2.31. The van der Waals surface area contributed by atoms with Gasteiger partial charge in [0.15, 0.2) is 5.82 Å². The number of rotatable bonds is 6. The minimum atomic E-state index is 0.767. The normalized spacial score (nSPS) is 14.3. The van der Waals surface area contributed by atoms with Crippen LogP contribution in [0.1, 0.15) is 30.4 Å². The second-order valence-electron chi connectivity index (χ2n) is 7.79. The van der Waals surface area contributed by atoms with Crippen molar-refractivity contribution < 1.29 is 0 Å². The number of aromatic nitrogens is 4. The third-order valence-corrected chi connectivity index (χ3v) is 5.63. The second-order valence-corrected chi connectivity index (χ2v) is 7.79. The van der Waals surface area contributed by atoms with Gasteiger partial charge in [0.25, 0.3) is 0 Å². The van der Waals surface area contributed by atoms with Gasteiger partial charge in [-0.15, -0.1) is 0 Å². The molecule has 6 heteroatoms. The van der Waals surface area contributed by atoms with Crippen molar-refractivity contribution in [3.8, 4) is 5.82 Å². The zero-order valence-corrected chi connectivity index (χ0v) is 17.0. The fourth-order valence-corrected chi connectivity index (χ4v) is 4.10. The van der Waals surface area contributed by atoms with E-state index in [-0.39, 0.29) is 0 Å². The highest BCUT2D eigenvalue weighted by Gasteiger charge is 2.17. The Morgan fingerprint density at radius 2 is 1.80 bits per heavy atom. The van der Waals surface area contributed by atoms with Gasteiger partial charge in [0.2, 0.25) is 0 Å². The number of hydrogen-bond donors (Lipinski definition) is 1. The zero-order valence-electron chi connectivity index (χ0n) is 17.0. The topological polar surface area (TPSA) is 58.9 Å². The van der Waals surface area contributed by atoms with E-state index in [0.29, 0.717) is 0 Å². The first-order chi connectivity index (χ1) is 14.9. The number of para-hydroxylation sites is 1. The second kappa shape index (κ2) is 8.63. The third-order valence-electron chi connectivity index (χ3n) is 5.63. The molecule has 0 spiro atoms. The molecule has 4 aromatic rings. The van der Waals surface area contributed by atoms with Gasteiger partial charge in [-0.25, -0.2) is 14.6 Å². The Kier molecular flexibility index (Phi) is 5.40. The molecule has 1 N–H and O–H groups in total. The molecule has 0 amide bonds. The maximum Gasteiger partial charge on any atom is 0.153 e. The molecule has 0 bridgehead atoms. The van der Waals surface area contributed by atoms with E-state index >= 15 is 0 Å². The largest absolute Gasteiger partial charge is 0.356 e. The lowest BCUT2D eigenvalue weighted by atomic mass is 10.1. The van der Waals surface area contributed by atoms with Crippen LogP contribution in [0.3, 0.4) is 0 Å². The molecule has 1 fully saturated rings. The first-order valence-corrected chi connectivity index (χ1v) is 10.7. The number of hydrogen-bond acceptors (Lipinski definition) is 5. The van der Waals surface area contributed by atoms with E-state index in [1.807, 2.05) is 24.5 Å². The summed E-state index contributed by atoms with van der Waals surface area (Å²) in [6, 6.07) is 16.7. The van der Waals surface area contributed by atoms with Gasteiger partial charge in [0.05, 0.1) is 5.52 Å². The number of pyridine rings is 2. The fraction of sp³-hybridized carbons (Fsp3) is 0.292. The van der Waals surface area contributed by atoms with Crippen LogP contribution in [0.15, 0.2) is 67.1 Å². The number of fused-ring (bicyclic) bond motifs is 1. The van der Waals surface area contributed by atoms with Gasteiger partial charge < -0.3 is 10.2 Å². The standard InChI is InChI=1S/C24H26N6/c1-4-12-29(13-5-1)24-21(16-20-7-2-3-8-22(20)28-24)18-25-17-19-9-11-26-23(15-19)30-14-6-10-27-30/h2-3,6-11,14-16,25H,1,4-5,12-13,17-18H2. The summed E-state index contributed by atoms with van der Waals surface area (Å²) in [5.74, 6) is 1.97. The first kappa shape index (κ1) is 18.8. The van der Waals surface area contributed by atoms with Crippen molar-refractivity contribution in [3.63, 3.8) is 0 Å². The van der Waals surface area contributed by atoms with Crippen molar-refractivity contribution in [2.75, 3.05) is 18.0 Å². The summed E-state index contributed by atoms with van der Waals surface area (Å²) in [7, 11) is 0. The van der Waals surface area contributed by atoms with E-state index in [2.05, 4.69) is 56.7 Å². The molecule has 0 atom stereocenters. The smallest absolute Gasteiger partial charge is 0.153 e. The van der Waals surface area contributed by atoms with Crippen LogP contribution < -0.4 is 10.2 Å². The molecule has 1 saturated heterocycles. The molecule has 0 aliphatic carbocycles. The monoisotopic (exact) mass is 398 g/mol. The summed E-state index contributed by atoms with van der Waals surface area (Å²) < 4.78 is 1.78. The van der Waals surface area contributed by atoms with E-state index in [1.165, 1.54) is 35.8 Å². The molecule has 0 saturated carbocycles. The van der Waals surface area contributed by atoms with E-state index in [4.69, 9.17) is 4.98 Å². The molecule has 30 heavy (non-hydrogen) atoms. The van der Waals surface area contributed by atoms with E-state index in [0.717, 1.165) is 43.3 Å². The highest BCUT2D eigenvalue weighted by Crippen LogP contribution is 2.26. The van der Waals surface area contributed by atoms with Gasteiger partial charge in [-0.2, -0.15) is 5.10 Å². The zero-order chi connectivity index (χ0) is 20.2. The summed E-state index contributed by atoms with van der Waals surface area (Å²) >= 11 is 0. The van der Waals surface area contributed by atoms with Crippen molar-refractivity contribution in [2.24, 2.45) is 0 Å². The van der Waals surface area contributed by atoms with Crippen molar-refractivity contribution in [2.45, 2.75) is 32.4 Å². The van der Waals surface area contributed by atoms with Crippen molar-refractivity contribution in [1.82, 2.24) is 25.1 Å². The number of piperidine rings is 1. The predicted molar refractivity (Wildman–Crippen MR) is 120 cm³/mol. The molecule has 1 aliphatic rings. The lowest BCUT2D eigenvalue weighted by molar-refractivity contribution is 0.570. The molecule has 1 aliphatic heterocycles. The SMILES string of the molecule is c1ccc2nc(N3CCCCC3)c(CNCc3ccnc(-n4cccn4)c3)cc2c1. The van der Waals surface area contributed by atoms with Crippen molar-refractivity contribution in [1.29, 1.82) is 0 Å². The van der Waals surface area contributed by atoms with Crippen LogP contribution >= 0.6 is 0 Å². The van der Waals surface area contributed by atoms with Gasteiger partial charge in [-0.05, 0) is 55.2 Å². The van der Waals surface area contributed by atoms with Gasteiger partial charge in [0, 0.05) is 55.7 Å². The Morgan fingerprint density at radius 3 is 2.67 bits per heavy atom. The Labute approximate surface area is 176 Å².